The van der Waals surface area contributed by atoms with E-state index in [1.807, 2.05) is 50.5 Å². The molecule has 0 unspecified atom stereocenters. The second-order valence-electron chi connectivity index (χ2n) is 7.92. The first kappa shape index (κ1) is 22.3. The number of nitrogens with one attached hydrogen (secondary N) is 2. The van der Waals surface area contributed by atoms with E-state index in [0.717, 1.165) is 24.1 Å². The molecule has 1 aliphatic rings. The molecule has 1 fully saturated rings. The zero-order valence-electron chi connectivity index (χ0n) is 18.2. The molecule has 2 aromatic rings. The maximum absolute atomic E-state index is 12.5. The Balaban J connectivity index is 1.60. The van der Waals surface area contributed by atoms with E-state index in [0.29, 0.717) is 23.6 Å². The minimum absolute atomic E-state index is 0.0339. The third kappa shape index (κ3) is 5.62. The summed E-state index contributed by atoms with van der Waals surface area (Å²) in [7, 11) is 0. The van der Waals surface area contributed by atoms with Gasteiger partial charge in [0.25, 0.3) is 0 Å². The van der Waals surface area contributed by atoms with Gasteiger partial charge in [-0.1, -0.05) is 30.7 Å². The van der Waals surface area contributed by atoms with Crippen molar-refractivity contribution in [2.45, 2.75) is 82.8 Å². The number of rotatable bonds is 8. The van der Waals surface area contributed by atoms with Crippen molar-refractivity contribution < 1.29 is 9.59 Å². The normalized spacial score (nSPS) is 15.2. The van der Waals surface area contributed by atoms with Crippen LogP contribution < -0.4 is 10.6 Å². The summed E-state index contributed by atoms with van der Waals surface area (Å²) in [6.45, 7) is 8.57. The number of hydrogen-bond donors (Lipinski definition) is 2. The summed E-state index contributed by atoms with van der Waals surface area (Å²) in [6.07, 6.45) is 4.63. The van der Waals surface area contributed by atoms with E-state index in [1.54, 1.807) is 0 Å². The van der Waals surface area contributed by atoms with Crippen molar-refractivity contribution >= 4 is 29.3 Å². The number of amides is 2. The van der Waals surface area contributed by atoms with Gasteiger partial charge in [-0.05, 0) is 63.8 Å². The average Bonchev–Trinajstić information content (AvgIpc) is 3.34. The molecular weight excluding hydrogens is 398 g/mol. The van der Waals surface area contributed by atoms with E-state index < -0.39 is 0 Å². The van der Waals surface area contributed by atoms with E-state index in [1.165, 1.54) is 30.2 Å². The van der Waals surface area contributed by atoms with E-state index in [2.05, 4.69) is 20.8 Å². The molecule has 1 saturated carbocycles. The molecule has 0 aliphatic heterocycles. The number of carbonyl (C=O) groups is 2. The molecule has 3 rings (SSSR count). The molecule has 2 N–H and O–H groups in total. The fraction of sp³-hybridized carbons (Fsp3) is 0.545. The summed E-state index contributed by atoms with van der Waals surface area (Å²) in [5.74, 6) is 0.500. The maximum atomic E-state index is 12.5. The lowest BCUT2D eigenvalue weighted by Gasteiger charge is -2.16. The molecule has 1 aromatic carbocycles. The summed E-state index contributed by atoms with van der Waals surface area (Å²) in [6, 6.07) is 6.15. The van der Waals surface area contributed by atoms with Gasteiger partial charge < -0.3 is 15.2 Å². The first-order valence-corrected chi connectivity index (χ1v) is 11.5. The average molecular weight is 430 g/mol. The summed E-state index contributed by atoms with van der Waals surface area (Å²) in [4.78, 5) is 25.0. The Morgan fingerprint density at radius 1 is 1.20 bits per heavy atom. The molecule has 30 heavy (non-hydrogen) atoms. The van der Waals surface area contributed by atoms with Gasteiger partial charge in [0, 0.05) is 18.3 Å². The highest BCUT2D eigenvalue weighted by Gasteiger charge is 2.24. The zero-order valence-corrected chi connectivity index (χ0v) is 19.0. The molecule has 0 spiro atoms. The lowest BCUT2D eigenvalue weighted by molar-refractivity contribution is -0.121. The van der Waals surface area contributed by atoms with Gasteiger partial charge >= 0.3 is 0 Å². The number of anilines is 1. The highest BCUT2D eigenvalue weighted by molar-refractivity contribution is 8.00. The summed E-state index contributed by atoms with van der Waals surface area (Å²) in [5.41, 5.74) is 3.09. The molecule has 8 heteroatoms. The number of nitrogens with zero attached hydrogens (tertiary/aromatic N) is 3. The Labute approximate surface area is 182 Å². The molecule has 1 heterocycles. The number of hydrogen-bond acceptors (Lipinski definition) is 5. The van der Waals surface area contributed by atoms with Crippen molar-refractivity contribution in [2.75, 3.05) is 5.32 Å². The smallest absolute Gasteiger partial charge is 0.233 e. The van der Waals surface area contributed by atoms with Crippen molar-refractivity contribution in [3.8, 4) is 0 Å². The Hall–Kier alpha value is -2.35. The zero-order chi connectivity index (χ0) is 21.7. The van der Waals surface area contributed by atoms with Gasteiger partial charge in [-0.25, -0.2) is 0 Å². The Morgan fingerprint density at radius 2 is 1.93 bits per heavy atom. The number of carbonyl (C=O) groups excluding carboxylic acids is 2. The lowest BCUT2D eigenvalue weighted by atomic mass is 10.1. The van der Waals surface area contributed by atoms with Crippen molar-refractivity contribution in [2.24, 2.45) is 0 Å². The summed E-state index contributed by atoms with van der Waals surface area (Å²) < 4.78 is 1.91. The van der Waals surface area contributed by atoms with Crippen molar-refractivity contribution in [3.05, 3.63) is 35.2 Å². The highest BCUT2D eigenvalue weighted by Crippen LogP contribution is 2.24. The predicted octanol–water partition coefficient (Wildman–Crippen LogP) is 3.64. The molecule has 0 radical (unpaired) electrons. The van der Waals surface area contributed by atoms with Crippen LogP contribution in [0.2, 0.25) is 0 Å². The molecule has 0 saturated heterocycles. The van der Waals surface area contributed by atoms with Gasteiger partial charge in [-0.15, -0.1) is 10.2 Å². The Bertz CT molecular complexity index is 905. The number of aromatic nitrogens is 3. The quantitative estimate of drug-likeness (QED) is 0.626. The van der Waals surface area contributed by atoms with Crippen LogP contribution in [-0.4, -0.2) is 37.9 Å². The highest BCUT2D eigenvalue weighted by atomic mass is 32.2. The third-order valence-corrected chi connectivity index (χ3v) is 6.65. The molecule has 7 nitrogen and oxygen atoms in total. The van der Waals surface area contributed by atoms with Gasteiger partial charge in [0.15, 0.2) is 5.16 Å². The number of benzene rings is 1. The van der Waals surface area contributed by atoms with Gasteiger partial charge in [0.1, 0.15) is 5.82 Å². The van der Waals surface area contributed by atoms with Gasteiger partial charge in [0.2, 0.25) is 11.8 Å². The molecule has 0 bridgehead atoms. The summed E-state index contributed by atoms with van der Waals surface area (Å²) >= 11 is 1.39. The topological polar surface area (TPSA) is 88.9 Å². The second kappa shape index (κ2) is 10.1. The maximum Gasteiger partial charge on any atom is 0.233 e. The fourth-order valence-electron chi connectivity index (χ4n) is 3.62. The molecule has 1 atom stereocenters. The minimum Gasteiger partial charge on any atom is -0.352 e. The largest absolute Gasteiger partial charge is 0.352 e. The molecule has 1 aromatic heterocycles. The van der Waals surface area contributed by atoms with E-state index in [-0.39, 0.29) is 23.5 Å². The van der Waals surface area contributed by atoms with Crippen LogP contribution >= 0.6 is 11.8 Å². The van der Waals surface area contributed by atoms with Crippen LogP contribution in [0.15, 0.2) is 23.4 Å². The van der Waals surface area contributed by atoms with Crippen molar-refractivity contribution in [1.29, 1.82) is 0 Å². The Morgan fingerprint density at radius 3 is 2.60 bits per heavy atom. The van der Waals surface area contributed by atoms with E-state index in [9.17, 15) is 9.59 Å². The van der Waals surface area contributed by atoms with Gasteiger partial charge in [0.05, 0.1) is 11.7 Å². The first-order valence-electron chi connectivity index (χ1n) is 10.6. The van der Waals surface area contributed by atoms with Crippen molar-refractivity contribution in [3.63, 3.8) is 0 Å². The van der Waals surface area contributed by atoms with Gasteiger partial charge in [-0.2, -0.15) is 0 Å². The molecule has 162 valence electrons. The minimum atomic E-state index is -0.266. The fourth-order valence-corrected chi connectivity index (χ4v) is 4.56. The van der Waals surface area contributed by atoms with Crippen LogP contribution in [0.3, 0.4) is 0 Å². The summed E-state index contributed by atoms with van der Waals surface area (Å²) in [5, 5.41) is 14.9. The van der Waals surface area contributed by atoms with Crippen LogP contribution in [0.25, 0.3) is 0 Å². The van der Waals surface area contributed by atoms with Crippen LogP contribution in [-0.2, 0) is 22.6 Å². The van der Waals surface area contributed by atoms with Crippen LogP contribution in [0.5, 0.6) is 0 Å². The van der Waals surface area contributed by atoms with Crippen LogP contribution in [0, 0.1) is 13.8 Å². The third-order valence-electron chi connectivity index (χ3n) is 5.57. The molecule has 2 amide bonds. The van der Waals surface area contributed by atoms with Crippen LogP contribution in [0.1, 0.15) is 56.5 Å². The van der Waals surface area contributed by atoms with E-state index in [4.69, 9.17) is 0 Å². The van der Waals surface area contributed by atoms with E-state index >= 15 is 0 Å². The predicted molar refractivity (Wildman–Crippen MR) is 120 cm³/mol. The number of thioether (sulfide) groups is 1. The Kier molecular flexibility index (Phi) is 7.53. The molecular formula is C22H31N5O2S. The van der Waals surface area contributed by atoms with Crippen LogP contribution in [0.4, 0.5) is 5.69 Å². The molecule has 1 aliphatic carbocycles. The standard InChI is InChI=1S/C22H31N5O2S/c1-5-27-19(13-20(28)23-18-11-10-14(2)15(3)12-18)25-26-22(27)30-16(4)21(29)24-17-8-6-7-9-17/h10-12,16-17H,5-9,13H2,1-4H3,(H,23,28)(H,24,29)/t16-/m1/s1. The van der Waals surface area contributed by atoms with Crippen molar-refractivity contribution in [1.82, 2.24) is 20.1 Å². The monoisotopic (exact) mass is 429 g/mol. The number of aryl methyl sites for hydroxylation is 2. The SMILES string of the molecule is CCn1c(CC(=O)Nc2ccc(C)c(C)c2)nnc1S[C@H](C)C(=O)NC1CCCC1. The second-order valence-corrected chi connectivity index (χ2v) is 9.23. The lowest BCUT2D eigenvalue weighted by Crippen LogP contribution is -2.37. The first-order chi connectivity index (χ1) is 14.4. The van der Waals surface area contributed by atoms with Gasteiger partial charge in [-0.3, -0.25) is 9.59 Å².